The molecule has 2 aromatic heterocycles. The Morgan fingerprint density at radius 2 is 2.15 bits per heavy atom. The molecule has 1 amide bonds. The zero-order chi connectivity index (χ0) is 14.7. The molecule has 0 aliphatic heterocycles. The fraction of sp³-hybridized carbons (Fsp3) is 0.286. The van der Waals surface area contributed by atoms with Crippen LogP contribution >= 0.6 is 22.7 Å². The molecule has 0 aliphatic rings. The van der Waals surface area contributed by atoms with Gasteiger partial charge in [0.15, 0.2) is 0 Å². The van der Waals surface area contributed by atoms with Crippen molar-refractivity contribution in [3.63, 3.8) is 0 Å². The number of thiophene rings is 2. The van der Waals surface area contributed by atoms with Crippen molar-refractivity contribution in [2.24, 2.45) is 0 Å². The monoisotopic (exact) mass is 309 g/mol. The van der Waals surface area contributed by atoms with Crippen LogP contribution in [0.2, 0.25) is 0 Å². The van der Waals surface area contributed by atoms with E-state index in [1.807, 2.05) is 37.4 Å². The van der Waals surface area contributed by atoms with Crippen molar-refractivity contribution in [3.8, 4) is 0 Å². The van der Waals surface area contributed by atoms with Crippen molar-refractivity contribution < 1.29 is 14.7 Å². The summed E-state index contributed by atoms with van der Waals surface area (Å²) in [6, 6.07) is 5.03. The molecule has 0 bridgehead atoms. The molecule has 2 aromatic rings. The molecule has 1 atom stereocenters. The molecule has 0 saturated heterocycles. The van der Waals surface area contributed by atoms with E-state index in [1.165, 1.54) is 11.3 Å². The predicted octanol–water partition coefficient (Wildman–Crippen LogP) is 3.37. The maximum Gasteiger partial charge on any atom is 0.305 e. The summed E-state index contributed by atoms with van der Waals surface area (Å²) in [7, 11) is 0. The van der Waals surface area contributed by atoms with Gasteiger partial charge in [0, 0.05) is 14.6 Å². The number of carbonyl (C=O) groups excluding carboxylic acids is 1. The lowest BCUT2D eigenvalue weighted by molar-refractivity contribution is -0.137. The van der Waals surface area contributed by atoms with Gasteiger partial charge in [-0.1, -0.05) is 6.07 Å². The highest BCUT2D eigenvalue weighted by Gasteiger charge is 2.21. The molecule has 0 spiro atoms. The standard InChI is InChI=1S/C14H15NO3S2/c1-8-6-10(9(2)20-8)14(18)15-11(7-13(16)17)12-4-3-5-19-12/h3-6,11H,7H2,1-2H3,(H,15,18)(H,16,17). The first-order valence-electron chi connectivity index (χ1n) is 6.10. The van der Waals surface area contributed by atoms with E-state index < -0.39 is 12.0 Å². The van der Waals surface area contributed by atoms with Crippen molar-refractivity contribution in [1.82, 2.24) is 5.32 Å². The molecule has 0 saturated carbocycles. The lowest BCUT2D eigenvalue weighted by Crippen LogP contribution is -2.29. The molecule has 0 aromatic carbocycles. The summed E-state index contributed by atoms with van der Waals surface area (Å²) in [6.45, 7) is 3.84. The number of carbonyl (C=O) groups is 2. The van der Waals surface area contributed by atoms with Crippen molar-refractivity contribution in [2.45, 2.75) is 26.3 Å². The lowest BCUT2D eigenvalue weighted by Gasteiger charge is -2.15. The van der Waals surface area contributed by atoms with Gasteiger partial charge in [-0.15, -0.1) is 22.7 Å². The van der Waals surface area contributed by atoms with Crippen molar-refractivity contribution in [3.05, 3.63) is 43.8 Å². The Morgan fingerprint density at radius 1 is 1.40 bits per heavy atom. The zero-order valence-corrected chi connectivity index (χ0v) is 12.8. The second kappa shape index (κ2) is 6.19. The van der Waals surface area contributed by atoms with Gasteiger partial charge in [-0.05, 0) is 31.4 Å². The number of amides is 1. The van der Waals surface area contributed by atoms with Crippen LogP contribution in [0.1, 0.15) is 37.5 Å². The van der Waals surface area contributed by atoms with Gasteiger partial charge in [0.2, 0.25) is 0 Å². The highest BCUT2D eigenvalue weighted by Crippen LogP contribution is 2.25. The SMILES string of the molecule is Cc1cc(C(=O)NC(CC(=O)O)c2cccs2)c(C)s1. The van der Waals surface area contributed by atoms with Crippen LogP contribution in [-0.4, -0.2) is 17.0 Å². The fourth-order valence-electron chi connectivity index (χ4n) is 1.98. The smallest absolute Gasteiger partial charge is 0.305 e. The van der Waals surface area contributed by atoms with Crippen molar-refractivity contribution >= 4 is 34.6 Å². The molecule has 1 unspecified atom stereocenters. The first kappa shape index (κ1) is 14.7. The van der Waals surface area contributed by atoms with Gasteiger partial charge in [-0.25, -0.2) is 0 Å². The van der Waals surface area contributed by atoms with E-state index in [2.05, 4.69) is 5.32 Å². The van der Waals surface area contributed by atoms with Crippen LogP contribution in [0.4, 0.5) is 0 Å². The topological polar surface area (TPSA) is 66.4 Å². The molecule has 20 heavy (non-hydrogen) atoms. The van der Waals surface area contributed by atoms with Gasteiger partial charge >= 0.3 is 5.97 Å². The third kappa shape index (κ3) is 3.46. The first-order valence-corrected chi connectivity index (χ1v) is 7.80. The summed E-state index contributed by atoms with van der Waals surface area (Å²) in [5.74, 6) is -1.14. The van der Waals surface area contributed by atoms with E-state index in [-0.39, 0.29) is 12.3 Å². The number of hydrogen-bond acceptors (Lipinski definition) is 4. The highest BCUT2D eigenvalue weighted by atomic mass is 32.1. The molecular weight excluding hydrogens is 294 g/mol. The third-order valence-electron chi connectivity index (χ3n) is 2.86. The molecule has 2 N–H and O–H groups in total. The molecule has 106 valence electrons. The minimum absolute atomic E-state index is 0.117. The van der Waals surface area contributed by atoms with Crippen LogP contribution in [0.5, 0.6) is 0 Å². The Balaban J connectivity index is 2.17. The molecule has 0 radical (unpaired) electrons. The number of aliphatic carboxylic acids is 1. The number of carboxylic acid groups (broad SMARTS) is 1. The molecule has 6 heteroatoms. The van der Waals surface area contributed by atoms with E-state index in [0.29, 0.717) is 5.56 Å². The number of hydrogen-bond donors (Lipinski definition) is 2. The third-order valence-corrected chi connectivity index (χ3v) is 4.81. The van der Waals surface area contributed by atoms with E-state index >= 15 is 0 Å². The minimum atomic E-state index is -0.929. The van der Waals surface area contributed by atoms with Gasteiger partial charge in [0.25, 0.3) is 5.91 Å². The first-order chi connectivity index (χ1) is 9.47. The highest BCUT2D eigenvalue weighted by molar-refractivity contribution is 7.12. The van der Waals surface area contributed by atoms with Crippen LogP contribution < -0.4 is 5.32 Å². The molecule has 2 heterocycles. The van der Waals surface area contributed by atoms with Crippen molar-refractivity contribution in [2.75, 3.05) is 0 Å². The Hall–Kier alpha value is -1.66. The molecule has 2 rings (SSSR count). The lowest BCUT2D eigenvalue weighted by atomic mass is 10.1. The number of nitrogens with one attached hydrogen (secondary N) is 1. The summed E-state index contributed by atoms with van der Waals surface area (Å²) < 4.78 is 0. The number of aryl methyl sites for hydroxylation is 2. The van der Waals surface area contributed by atoms with E-state index in [9.17, 15) is 9.59 Å². The second-order valence-corrected chi connectivity index (χ2v) is 6.91. The van der Waals surface area contributed by atoms with E-state index in [0.717, 1.165) is 14.6 Å². The second-order valence-electron chi connectivity index (χ2n) is 4.47. The Morgan fingerprint density at radius 3 is 2.65 bits per heavy atom. The summed E-state index contributed by atoms with van der Waals surface area (Å²) in [5.41, 5.74) is 0.624. The van der Waals surface area contributed by atoms with Gasteiger partial charge in [-0.2, -0.15) is 0 Å². The minimum Gasteiger partial charge on any atom is -0.481 e. The average Bonchev–Trinajstić information content (AvgIpc) is 2.97. The maximum atomic E-state index is 12.3. The van der Waals surface area contributed by atoms with E-state index in [4.69, 9.17) is 5.11 Å². The molecule has 0 fully saturated rings. The van der Waals surface area contributed by atoms with Gasteiger partial charge < -0.3 is 10.4 Å². The van der Waals surface area contributed by atoms with Crippen LogP contribution in [0.3, 0.4) is 0 Å². The quantitative estimate of drug-likeness (QED) is 0.890. The Labute approximate surface area is 125 Å². The molecule has 4 nitrogen and oxygen atoms in total. The normalized spacial score (nSPS) is 12.1. The van der Waals surface area contributed by atoms with Crippen LogP contribution in [0, 0.1) is 13.8 Å². The predicted molar refractivity (Wildman–Crippen MR) is 80.6 cm³/mol. The van der Waals surface area contributed by atoms with Gasteiger partial charge in [-0.3, -0.25) is 9.59 Å². The zero-order valence-electron chi connectivity index (χ0n) is 11.2. The fourth-order valence-corrected chi connectivity index (χ4v) is 3.68. The summed E-state index contributed by atoms with van der Waals surface area (Å²) in [6.07, 6.45) is -0.117. The van der Waals surface area contributed by atoms with Crippen LogP contribution in [-0.2, 0) is 4.79 Å². The summed E-state index contributed by atoms with van der Waals surface area (Å²) >= 11 is 3.01. The van der Waals surface area contributed by atoms with Crippen molar-refractivity contribution in [1.29, 1.82) is 0 Å². The molecule has 0 aliphatic carbocycles. The van der Waals surface area contributed by atoms with Gasteiger partial charge in [0.05, 0.1) is 18.0 Å². The Kier molecular flexibility index (Phi) is 4.57. The summed E-state index contributed by atoms with van der Waals surface area (Å²) in [5, 5.41) is 13.7. The van der Waals surface area contributed by atoms with Crippen LogP contribution in [0.25, 0.3) is 0 Å². The van der Waals surface area contributed by atoms with Crippen LogP contribution in [0.15, 0.2) is 23.6 Å². The van der Waals surface area contributed by atoms with E-state index in [1.54, 1.807) is 11.3 Å². The van der Waals surface area contributed by atoms with Gasteiger partial charge in [0.1, 0.15) is 0 Å². The average molecular weight is 309 g/mol. The summed E-state index contributed by atoms with van der Waals surface area (Å²) in [4.78, 5) is 26.1. The number of carboxylic acids is 1. The number of rotatable bonds is 5. The largest absolute Gasteiger partial charge is 0.481 e. The maximum absolute atomic E-state index is 12.3. The molecular formula is C14H15NO3S2. The Bertz CT molecular complexity index is 616.